The average molecular weight is 264 g/mol. The standard InChI is InChI=1S/C13H16N2O2S/c16-12(10-2-1-5-14-11(10)18)15-6-3-13(8-15)4-7-17-9-13/h1-2,5H,3-4,6-9H2,(H,14,18)/t13-/m0/s1. The smallest absolute Gasteiger partial charge is 0.256 e. The SMILES string of the molecule is O=C(c1ccc[nH]c1=S)N1CC[C@]2(CCOC2)C1. The second kappa shape index (κ2) is 4.48. The molecule has 0 unspecified atom stereocenters. The molecule has 4 nitrogen and oxygen atoms in total. The van der Waals surface area contributed by atoms with E-state index in [0.29, 0.717) is 10.2 Å². The number of nitrogens with zero attached hydrogens (tertiary/aromatic N) is 1. The van der Waals surface area contributed by atoms with Crippen LogP contribution in [-0.2, 0) is 4.74 Å². The first-order chi connectivity index (χ1) is 8.70. The summed E-state index contributed by atoms with van der Waals surface area (Å²) >= 11 is 5.16. The van der Waals surface area contributed by atoms with Crippen molar-refractivity contribution < 1.29 is 9.53 Å². The number of ether oxygens (including phenoxy) is 1. The van der Waals surface area contributed by atoms with Crippen molar-refractivity contribution in [3.8, 4) is 0 Å². The van der Waals surface area contributed by atoms with Gasteiger partial charge in [0.15, 0.2) is 0 Å². The van der Waals surface area contributed by atoms with Crippen LogP contribution in [0.5, 0.6) is 0 Å². The van der Waals surface area contributed by atoms with Gasteiger partial charge in [0.2, 0.25) is 0 Å². The van der Waals surface area contributed by atoms with Crippen LogP contribution in [0.2, 0.25) is 0 Å². The number of aromatic amines is 1. The molecule has 1 aromatic heterocycles. The first-order valence-electron chi connectivity index (χ1n) is 6.25. The molecule has 0 aromatic carbocycles. The molecule has 1 spiro atoms. The molecule has 5 heteroatoms. The number of pyridine rings is 1. The number of hydrogen-bond acceptors (Lipinski definition) is 3. The Hall–Kier alpha value is -1.20. The van der Waals surface area contributed by atoms with Crippen LogP contribution in [0.25, 0.3) is 0 Å². The van der Waals surface area contributed by atoms with Gasteiger partial charge in [-0.1, -0.05) is 12.2 Å². The lowest BCUT2D eigenvalue weighted by molar-refractivity contribution is 0.0764. The largest absolute Gasteiger partial charge is 0.381 e. The van der Waals surface area contributed by atoms with E-state index in [1.165, 1.54) is 0 Å². The highest BCUT2D eigenvalue weighted by atomic mass is 32.1. The van der Waals surface area contributed by atoms with E-state index in [-0.39, 0.29) is 11.3 Å². The molecular weight excluding hydrogens is 248 g/mol. The summed E-state index contributed by atoms with van der Waals surface area (Å²) in [6, 6.07) is 3.60. The molecule has 1 N–H and O–H groups in total. The zero-order chi connectivity index (χ0) is 12.6. The van der Waals surface area contributed by atoms with Crippen LogP contribution >= 0.6 is 12.2 Å². The molecular formula is C13H16N2O2S. The zero-order valence-corrected chi connectivity index (χ0v) is 11.0. The summed E-state index contributed by atoms with van der Waals surface area (Å²) in [6.45, 7) is 3.23. The molecule has 2 aliphatic rings. The van der Waals surface area contributed by atoms with Crippen LogP contribution < -0.4 is 0 Å². The van der Waals surface area contributed by atoms with Crippen molar-refractivity contribution in [3.63, 3.8) is 0 Å². The highest BCUT2D eigenvalue weighted by molar-refractivity contribution is 7.71. The molecule has 0 aliphatic carbocycles. The number of hydrogen-bond donors (Lipinski definition) is 1. The Morgan fingerprint density at radius 2 is 2.39 bits per heavy atom. The number of nitrogens with one attached hydrogen (secondary N) is 1. The van der Waals surface area contributed by atoms with E-state index < -0.39 is 0 Å². The summed E-state index contributed by atoms with van der Waals surface area (Å²) in [5, 5.41) is 0. The summed E-state index contributed by atoms with van der Waals surface area (Å²) in [5.74, 6) is 0.0422. The van der Waals surface area contributed by atoms with Crippen LogP contribution in [0.4, 0.5) is 0 Å². The summed E-state index contributed by atoms with van der Waals surface area (Å²) in [7, 11) is 0. The molecule has 2 aliphatic heterocycles. The summed E-state index contributed by atoms with van der Waals surface area (Å²) in [6.07, 6.45) is 3.86. The number of carbonyl (C=O) groups is 1. The number of aromatic nitrogens is 1. The fourth-order valence-electron chi connectivity index (χ4n) is 2.84. The second-order valence-corrected chi connectivity index (χ2v) is 5.60. The molecule has 18 heavy (non-hydrogen) atoms. The Morgan fingerprint density at radius 1 is 1.50 bits per heavy atom. The third kappa shape index (κ3) is 1.97. The second-order valence-electron chi connectivity index (χ2n) is 5.19. The first-order valence-corrected chi connectivity index (χ1v) is 6.66. The van der Waals surface area contributed by atoms with Crippen molar-refractivity contribution in [1.82, 2.24) is 9.88 Å². The molecule has 0 bridgehead atoms. The predicted molar refractivity (Wildman–Crippen MR) is 70.0 cm³/mol. The van der Waals surface area contributed by atoms with Gasteiger partial charge in [-0.15, -0.1) is 0 Å². The fraction of sp³-hybridized carbons (Fsp3) is 0.538. The van der Waals surface area contributed by atoms with Crippen molar-refractivity contribution in [3.05, 3.63) is 28.5 Å². The van der Waals surface area contributed by atoms with Gasteiger partial charge >= 0.3 is 0 Å². The van der Waals surface area contributed by atoms with Gasteiger partial charge in [-0.05, 0) is 25.0 Å². The summed E-state index contributed by atoms with van der Waals surface area (Å²) in [4.78, 5) is 17.2. The lowest BCUT2D eigenvalue weighted by Gasteiger charge is -2.22. The zero-order valence-electron chi connectivity index (χ0n) is 10.1. The van der Waals surface area contributed by atoms with Gasteiger partial charge in [-0.2, -0.15) is 0 Å². The number of likely N-dealkylation sites (tertiary alicyclic amines) is 1. The molecule has 0 saturated carbocycles. The van der Waals surface area contributed by atoms with E-state index in [1.807, 2.05) is 11.0 Å². The Balaban J connectivity index is 1.79. The third-order valence-electron chi connectivity index (χ3n) is 3.96. The molecule has 1 aromatic rings. The van der Waals surface area contributed by atoms with E-state index in [9.17, 15) is 4.79 Å². The molecule has 2 saturated heterocycles. The highest BCUT2D eigenvalue weighted by Gasteiger charge is 2.42. The van der Waals surface area contributed by atoms with Crippen LogP contribution in [0.15, 0.2) is 18.3 Å². The van der Waals surface area contributed by atoms with Crippen molar-refractivity contribution in [2.24, 2.45) is 5.41 Å². The molecule has 3 rings (SSSR count). The van der Waals surface area contributed by atoms with Crippen molar-refractivity contribution in [2.45, 2.75) is 12.8 Å². The molecule has 2 fully saturated rings. The van der Waals surface area contributed by atoms with Gasteiger partial charge in [0.25, 0.3) is 5.91 Å². The van der Waals surface area contributed by atoms with Crippen molar-refractivity contribution >= 4 is 18.1 Å². The predicted octanol–water partition coefficient (Wildman–Crippen LogP) is 2.00. The minimum Gasteiger partial charge on any atom is -0.381 e. The normalized spacial score (nSPS) is 27.0. The quantitative estimate of drug-likeness (QED) is 0.789. The number of H-pyrrole nitrogens is 1. The Bertz CT molecular complexity index is 520. The minimum absolute atomic E-state index is 0.0422. The number of rotatable bonds is 1. The fourth-order valence-corrected chi connectivity index (χ4v) is 3.06. The van der Waals surface area contributed by atoms with Crippen LogP contribution in [0.3, 0.4) is 0 Å². The van der Waals surface area contributed by atoms with Crippen LogP contribution in [0, 0.1) is 10.1 Å². The maximum absolute atomic E-state index is 12.4. The van der Waals surface area contributed by atoms with Crippen molar-refractivity contribution in [1.29, 1.82) is 0 Å². The lowest BCUT2D eigenvalue weighted by Crippen LogP contribution is -2.32. The number of amides is 1. The summed E-state index contributed by atoms with van der Waals surface area (Å²) < 4.78 is 5.99. The van der Waals surface area contributed by atoms with E-state index >= 15 is 0 Å². The first kappa shape index (κ1) is 11.9. The molecule has 3 heterocycles. The maximum atomic E-state index is 12.4. The van der Waals surface area contributed by atoms with Gasteiger partial charge in [0.05, 0.1) is 12.2 Å². The molecule has 96 valence electrons. The third-order valence-corrected chi connectivity index (χ3v) is 4.30. The number of carbonyl (C=O) groups excluding carboxylic acids is 1. The monoisotopic (exact) mass is 264 g/mol. The Labute approximate surface area is 111 Å². The van der Waals surface area contributed by atoms with E-state index in [4.69, 9.17) is 17.0 Å². The lowest BCUT2D eigenvalue weighted by atomic mass is 9.87. The van der Waals surface area contributed by atoms with E-state index in [1.54, 1.807) is 12.3 Å². The topological polar surface area (TPSA) is 45.3 Å². The van der Waals surface area contributed by atoms with Gasteiger partial charge in [-0.25, -0.2) is 0 Å². The van der Waals surface area contributed by atoms with E-state index in [0.717, 1.165) is 39.1 Å². The highest BCUT2D eigenvalue weighted by Crippen LogP contribution is 2.38. The Kier molecular flexibility index (Phi) is 2.95. The van der Waals surface area contributed by atoms with E-state index in [2.05, 4.69) is 4.98 Å². The minimum atomic E-state index is 0.0422. The van der Waals surface area contributed by atoms with Gasteiger partial charge in [0, 0.05) is 31.3 Å². The summed E-state index contributed by atoms with van der Waals surface area (Å²) in [5.41, 5.74) is 0.805. The molecule has 0 radical (unpaired) electrons. The van der Waals surface area contributed by atoms with Gasteiger partial charge < -0.3 is 14.6 Å². The van der Waals surface area contributed by atoms with Crippen LogP contribution in [-0.4, -0.2) is 42.1 Å². The van der Waals surface area contributed by atoms with Gasteiger partial charge in [-0.3, -0.25) is 4.79 Å². The maximum Gasteiger partial charge on any atom is 0.256 e. The molecule has 1 atom stereocenters. The van der Waals surface area contributed by atoms with Crippen LogP contribution in [0.1, 0.15) is 23.2 Å². The van der Waals surface area contributed by atoms with Crippen molar-refractivity contribution in [2.75, 3.05) is 26.3 Å². The van der Waals surface area contributed by atoms with Gasteiger partial charge in [0.1, 0.15) is 4.64 Å². The molecule has 1 amide bonds. The Morgan fingerprint density at radius 3 is 3.11 bits per heavy atom. The average Bonchev–Trinajstić information content (AvgIpc) is 3.00.